The molecule has 2 aromatic rings. The van der Waals surface area contributed by atoms with Gasteiger partial charge in [-0.05, 0) is 47.7 Å². The topological polar surface area (TPSA) is 124 Å². The molecular formula is C30H37N3O8. The summed E-state index contributed by atoms with van der Waals surface area (Å²) < 4.78 is 22.6. The Bertz CT molecular complexity index is 1330. The lowest BCUT2D eigenvalue weighted by Gasteiger charge is -2.34. The van der Waals surface area contributed by atoms with Crippen molar-refractivity contribution in [2.45, 2.75) is 45.6 Å². The average Bonchev–Trinajstić information content (AvgIpc) is 3.11. The van der Waals surface area contributed by atoms with E-state index in [0.29, 0.717) is 62.0 Å². The van der Waals surface area contributed by atoms with E-state index in [1.54, 1.807) is 43.3 Å². The summed E-state index contributed by atoms with van der Waals surface area (Å²) in [5.74, 6) is 0.959. The number of fused-ring (bicyclic) bond motifs is 3. The molecule has 3 amide bonds. The van der Waals surface area contributed by atoms with E-state index < -0.39 is 5.97 Å². The summed E-state index contributed by atoms with van der Waals surface area (Å²) in [5.41, 5.74) is 3.38. The molecule has 4 rings (SSSR count). The fraction of sp³-hybridized carbons (Fsp3) is 0.467. The number of aryl methyl sites for hydroxylation is 1. The molecule has 0 unspecified atom stereocenters. The maximum atomic E-state index is 12.7. The molecule has 1 aliphatic heterocycles. The lowest BCUT2D eigenvalue weighted by atomic mass is 9.93. The van der Waals surface area contributed by atoms with Gasteiger partial charge in [-0.15, -0.1) is 0 Å². The third-order valence-electron chi connectivity index (χ3n) is 7.51. The number of carbonyl (C=O) groups is 4. The Morgan fingerprint density at radius 3 is 2.17 bits per heavy atom. The minimum atomic E-state index is -0.533. The second kappa shape index (κ2) is 12.9. The molecule has 1 N–H and O–H groups in total. The van der Waals surface area contributed by atoms with Crippen LogP contribution in [0.2, 0.25) is 0 Å². The second-order valence-corrected chi connectivity index (χ2v) is 10.1. The molecule has 11 heteroatoms. The Morgan fingerprint density at radius 1 is 0.878 bits per heavy atom. The summed E-state index contributed by atoms with van der Waals surface area (Å²) in [6, 6.07) is 6.86. The number of rotatable bonds is 8. The van der Waals surface area contributed by atoms with Crippen molar-refractivity contribution in [2.75, 3.05) is 47.5 Å². The molecule has 1 saturated heterocycles. The van der Waals surface area contributed by atoms with Crippen LogP contribution >= 0.6 is 0 Å². The molecule has 0 radical (unpaired) electrons. The Morgan fingerprint density at radius 2 is 1.56 bits per heavy atom. The summed E-state index contributed by atoms with van der Waals surface area (Å²) in [6.45, 7) is 4.85. The molecule has 0 saturated carbocycles. The smallest absolute Gasteiger partial charge is 0.311 e. The first-order valence-corrected chi connectivity index (χ1v) is 13.6. The van der Waals surface area contributed by atoms with Crippen LogP contribution in [-0.2, 0) is 25.6 Å². The highest BCUT2D eigenvalue weighted by Crippen LogP contribution is 2.50. The van der Waals surface area contributed by atoms with Gasteiger partial charge in [-0.2, -0.15) is 0 Å². The van der Waals surface area contributed by atoms with Gasteiger partial charge in [-0.3, -0.25) is 19.2 Å². The number of carbonyl (C=O) groups excluding carboxylic acids is 4. The van der Waals surface area contributed by atoms with Gasteiger partial charge >= 0.3 is 5.97 Å². The predicted octanol–water partition coefficient (Wildman–Crippen LogP) is 2.88. The summed E-state index contributed by atoms with van der Waals surface area (Å²) in [7, 11) is 4.68. The maximum Gasteiger partial charge on any atom is 0.311 e. The van der Waals surface area contributed by atoms with Crippen molar-refractivity contribution in [2.24, 2.45) is 0 Å². The third-order valence-corrected chi connectivity index (χ3v) is 7.51. The highest BCUT2D eigenvalue weighted by molar-refractivity contribution is 5.85. The minimum Gasteiger partial charge on any atom is -0.493 e. The van der Waals surface area contributed by atoms with Gasteiger partial charge in [0, 0.05) is 52.0 Å². The second-order valence-electron chi connectivity index (χ2n) is 10.1. The van der Waals surface area contributed by atoms with Gasteiger partial charge in [0.2, 0.25) is 23.5 Å². The number of esters is 1. The van der Waals surface area contributed by atoms with Crippen LogP contribution in [0.5, 0.6) is 23.0 Å². The van der Waals surface area contributed by atoms with E-state index in [9.17, 15) is 19.2 Å². The Balaban J connectivity index is 1.55. The molecule has 1 fully saturated rings. The van der Waals surface area contributed by atoms with Gasteiger partial charge in [0.05, 0.1) is 33.8 Å². The molecule has 11 nitrogen and oxygen atoms in total. The molecule has 2 aliphatic rings. The number of nitrogens with zero attached hydrogens (tertiary/aromatic N) is 2. The monoisotopic (exact) mass is 567 g/mol. The first kappa shape index (κ1) is 29.7. The van der Waals surface area contributed by atoms with Crippen molar-refractivity contribution in [1.29, 1.82) is 0 Å². The van der Waals surface area contributed by atoms with Crippen molar-refractivity contribution in [3.05, 3.63) is 35.4 Å². The lowest BCUT2D eigenvalue weighted by Crippen LogP contribution is -2.50. The summed E-state index contributed by atoms with van der Waals surface area (Å²) >= 11 is 0. The average molecular weight is 568 g/mol. The van der Waals surface area contributed by atoms with Crippen molar-refractivity contribution in [3.63, 3.8) is 0 Å². The van der Waals surface area contributed by atoms with Gasteiger partial charge in [0.15, 0.2) is 11.5 Å². The number of nitrogens with one attached hydrogen (secondary N) is 1. The minimum absolute atomic E-state index is 0.0111. The molecular weight excluding hydrogens is 530 g/mol. The highest BCUT2D eigenvalue weighted by Gasteiger charge is 2.30. The Labute approximate surface area is 239 Å². The quantitative estimate of drug-likeness (QED) is 0.382. The summed E-state index contributed by atoms with van der Waals surface area (Å²) in [6.07, 6.45) is 1.17. The number of hydrogen-bond donors (Lipinski definition) is 1. The molecule has 0 aromatic heterocycles. The molecule has 2 aromatic carbocycles. The molecule has 0 bridgehead atoms. The summed E-state index contributed by atoms with van der Waals surface area (Å²) in [5, 5.41) is 3.02. The number of methoxy groups -OCH3 is 3. The number of hydrogen-bond acceptors (Lipinski definition) is 8. The number of ether oxygens (including phenoxy) is 4. The van der Waals surface area contributed by atoms with E-state index >= 15 is 0 Å². The van der Waals surface area contributed by atoms with Gasteiger partial charge in [-0.25, -0.2) is 0 Å². The fourth-order valence-electron chi connectivity index (χ4n) is 5.49. The molecule has 220 valence electrons. The first-order valence-electron chi connectivity index (χ1n) is 13.6. The van der Waals surface area contributed by atoms with Crippen molar-refractivity contribution >= 4 is 23.7 Å². The zero-order chi connectivity index (χ0) is 29.7. The van der Waals surface area contributed by atoms with Crippen LogP contribution in [0.3, 0.4) is 0 Å². The van der Waals surface area contributed by atoms with Crippen molar-refractivity contribution < 1.29 is 38.1 Å². The van der Waals surface area contributed by atoms with Crippen LogP contribution in [0, 0.1) is 0 Å². The van der Waals surface area contributed by atoms with E-state index in [-0.39, 0.29) is 36.6 Å². The zero-order valence-corrected chi connectivity index (χ0v) is 24.2. The Kier molecular flexibility index (Phi) is 9.36. The van der Waals surface area contributed by atoms with E-state index in [4.69, 9.17) is 18.9 Å². The Hall–Kier alpha value is -4.28. The molecule has 0 spiro atoms. The third kappa shape index (κ3) is 6.55. The maximum absolute atomic E-state index is 12.7. The molecule has 41 heavy (non-hydrogen) atoms. The number of amides is 3. The predicted molar refractivity (Wildman–Crippen MR) is 150 cm³/mol. The van der Waals surface area contributed by atoms with Crippen LogP contribution in [0.25, 0.3) is 11.1 Å². The van der Waals surface area contributed by atoms with Crippen LogP contribution in [0.4, 0.5) is 0 Å². The van der Waals surface area contributed by atoms with Gasteiger partial charge in [0.25, 0.3) is 0 Å². The zero-order valence-electron chi connectivity index (χ0n) is 24.2. The molecule has 1 aliphatic carbocycles. The van der Waals surface area contributed by atoms with Crippen LogP contribution < -0.4 is 24.3 Å². The van der Waals surface area contributed by atoms with Gasteiger partial charge < -0.3 is 34.1 Å². The van der Waals surface area contributed by atoms with Gasteiger partial charge in [0.1, 0.15) is 5.75 Å². The first-order chi connectivity index (χ1) is 19.7. The van der Waals surface area contributed by atoms with E-state index in [1.807, 2.05) is 12.1 Å². The number of piperazine rings is 1. The SMILES string of the molecule is COc1cc2c(c(OC)c1OC)-c1ccc(OC(=O)CCC(=O)N3CCN(C(C)=O)CC3)cc1[C@@H](NC(C)=O)CC2. The van der Waals surface area contributed by atoms with E-state index in [1.165, 1.54) is 13.8 Å². The van der Waals surface area contributed by atoms with Crippen LogP contribution in [0.1, 0.15) is 50.3 Å². The largest absolute Gasteiger partial charge is 0.493 e. The van der Waals surface area contributed by atoms with Crippen molar-refractivity contribution in [1.82, 2.24) is 15.1 Å². The molecule has 1 atom stereocenters. The highest BCUT2D eigenvalue weighted by atomic mass is 16.5. The fourth-order valence-corrected chi connectivity index (χ4v) is 5.49. The van der Waals surface area contributed by atoms with Crippen molar-refractivity contribution in [3.8, 4) is 34.1 Å². The van der Waals surface area contributed by atoms with Gasteiger partial charge in [-0.1, -0.05) is 6.07 Å². The summed E-state index contributed by atoms with van der Waals surface area (Å²) in [4.78, 5) is 52.3. The van der Waals surface area contributed by atoms with Crippen LogP contribution in [0.15, 0.2) is 24.3 Å². The normalized spacial score (nSPS) is 16.1. The van der Waals surface area contributed by atoms with Crippen LogP contribution in [-0.4, -0.2) is 81.0 Å². The van der Waals surface area contributed by atoms with E-state index in [0.717, 1.165) is 22.3 Å². The molecule has 1 heterocycles. The van der Waals surface area contributed by atoms with E-state index in [2.05, 4.69) is 5.32 Å². The number of benzene rings is 2. The standard InChI is InChI=1S/C30H37N3O8/c1-18(34)31-24-9-6-20-16-25(38-3)29(39-4)30(40-5)28(20)22-8-7-21(17-23(22)24)41-27(37)11-10-26(36)33-14-12-32(13-15-33)19(2)35/h7-8,16-17,24H,6,9-15H2,1-5H3,(H,31,34)/t24-/m0/s1. The lowest BCUT2D eigenvalue weighted by molar-refractivity contribution is -0.141.